The fraction of sp³-hybridized carbons (Fsp3) is 0.500. The van der Waals surface area contributed by atoms with Crippen molar-refractivity contribution in [2.75, 3.05) is 0 Å². The molecular formula is C8H14N2S. The van der Waals surface area contributed by atoms with Crippen LogP contribution in [0.5, 0.6) is 0 Å². The van der Waals surface area contributed by atoms with Gasteiger partial charge in [0.1, 0.15) is 0 Å². The maximum atomic E-state index is 5.87. The van der Waals surface area contributed by atoms with Gasteiger partial charge in [0.2, 0.25) is 0 Å². The monoisotopic (exact) mass is 170 g/mol. The van der Waals surface area contributed by atoms with Crippen LogP contribution in [0.1, 0.15) is 23.4 Å². The summed E-state index contributed by atoms with van der Waals surface area (Å²) in [6.45, 7) is 4.00. The molecule has 2 atom stereocenters. The van der Waals surface area contributed by atoms with Crippen LogP contribution >= 0.6 is 11.3 Å². The first kappa shape index (κ1) is 8.71. The van der Waals surface area contributed by atoms with Crippen molar-refractivity contribution in [2.24, 2.45) is 11.5 Å². The van der Waals surface area contributed by atoms with E-state index in [9.17, 15) is 0 Å². The highest BCUT2D eigenvalue weighted by atomic mass is 32.1. The molecular weight excluding hydrogens is 156 g/mol. The maximum Gasteiger partial charge on any atom is 0.0543 e. The van der Waals surface area contributed by atoms with Crippen LogP contribution < -0.4 is 11.5 Å². The topological polar surface area (TPSA) is 52.0 Å². The molecule has 0 aromatic carbocycles. The van der Waals surface area contributed by atoms with Gasteiger partial charge in [-0.2, -0.15) is 0 Å². The van der Waals surface area contributed by atoms with E-state index in [4.69, 9.17) is 11.5 Å². The first-order chi connectivity index (χ1) is 5.13. The van der Waals surface area contributed by atoms with E-state index in [1.54, 1.807) is 11.3 Å². The Balaban J connectivity index is 2.84. The van der Waals surface area contributed by atoms with Gasteiger partial charge in [-0.05, 0) is 30.9 Å². The molecule has 11 heavy (non-hydrogen) atoms. The minimum Gasteiger partial charge on any atom is -0.326 e. The zero-order valence-corrected chi connectivity index (χ0v) is 7.69. The Morgan fingerprint density at radius 1 is 1.45 bits per heavy atom. The van der Waals surface area contributed by atoms with Crippen molar-refractivity contribution < 1.29 is 0 Å². The summed E-state index contributed by atoms with van der Waals surface area (Å²) >= 11 is 1.68. The molecule has 1 rings (SSSR count). The maximum absolute atomic E-state index is 5.87. The van der Waals surface area contributed by atoms with Crippen molar-refractivity contribution in [3.8, 4) is 0 Å². The SMILES string of the molecule is Cc1ccsc1C(N)C(C)N. The Bertz CT molecular complexity index is 230. The van der Waals surface area contributed by atoms with E-state index in [1.807, 2.05) is 12.3 Å². The van der Waals surface area contributed by atoms with E-state index < -0.39 is 0 Å². The lowest BCUT2D eigenvalue weighted by molar-refractivity contribution is 0.595. The predicted molar refractivity (Wildman–Crippen MR) is 49.6 cm³/mol. The van der Waals surface area contributed by atoms with Crippen molar-refractivity contribution in [3.05, 3.63) is 21.9 Å². The Hall–Kier alpha value is -0.380. The third-order valence-corrected chi connectivity index (χ3v) is 2.89. The molecule has 0 aliphatic carbocycles. The highest BCUT2D eigenvalue weighted by Crippen LogP contribution is 2.23. The molecule has 0 fully saturated rings. The lowest BCUT2D eigenvalue weighted by Gasteiger charge is -2.14. The fourth-order valence-electron chi connectivity index (χ4n) is 0.965. The van der Waals surface area contributed by atoms with Crippen LogP contribution in [0, 0.1) is 6.92 Å². The highest BCUT2D eigenvalue weighted by Gasteiger charge is 2.13. The van der Waals surface area contributed by atoms with Gasteiger partial charge in [0.05, 0.1) is 6.04 Å². The number of hydrogen-bond acceptors (Lipinski definition) is 3. The molecule has 4 N–H and O–H groups in total. The van der Waals surface area contributed by atoms with Crippen molar-refractivity contribution in [2.45, 2.75) is 25.9 Å². The number of hydrogen-bond donors (Lipinski definition) is 2. The molecule has 1 aromatic heterocycles. The molecule has 62 valence electrons. The fourth-order valence-corrected chi connectivity index (χ4v) is 2.01. The molecule has 1 heterocycles. The summed E-state index contributed by atoms with van der Waals surface area (Å²) in [6, 6.07) is 2.10. The molecule has 0 radical (unpaired) electrons. The molecule has 0 amide bonds. The van der Waals surface area contributed by atoms with Crippen LogP contribution in [0.25, 0.3) is 0 Å². The number of rotatable bonds is 2. The first-order valence-electron chi connectivity index (χ1n) is 3.68. The summed E-state index contributed by atoms with van der Waals surface area (Å²) in [7, 11) is 0. The minimum absolute atomic E-state index is 0.00463. The van der Waals surface area contributed by atoms with Gasteiger partial charge >= 0.3 is 0 Å². The first-order valence-corrected chi connectivity index (χ1v) is 4.56. The zero-order chi connectivity index (χ0) is 8.43. The Morgan fingerprint density at radius 2 is 2.09 bits per heavy atom. The molecule has 0 aliphatic rings. The van der Waals surface area contributed by atoms with Gasteiger partial charge in [-0.1, -0.05) is 0 Å². The van der Waals surface area contributed by atoms with Crippen molar-refractivity contribution >= 4 is 11.3 Å². The molecule has 0 saturated carbocycles. The number of aryl methyl sites for hydroxylation is 1. The quantitative estimate of drug-likeness (QED) is 0.705. The van der Waals surface area contributed by atoms with E-state index in [2.05, 4.69) is 13.0 Å². The average Bonchev–Trinajstić information content (AvgIpc) is 2.33. The molecule has 2 nitrogen and oxygen atoms in total. The third kappa shape index (κ3) is 1.80. The van der Waals surface area contributed by atoms with Gasteiger partial charge in [0, 0.05) is 10.9 Å². The van der Waals surface area contributed by atoms with Crippen LogP contribution in [-0.2, 0) is 0 Å². The molecule has 0 saturated heterocycles. The second-order valence-electron chi connectivity index (χ2n) is 2.85. The zero-order valence-electron chi connectivity index (χ0n) is 6.87. The molecule has 0 spiro atoms. The summed E-state index contributed by atoms with van der Waals surface area (Å²) < 4.78 is 0. The van der Waals surface area contributed by atoms with Crippen molar-refractivity contribution in [3.63, 3.8) is 0 Å². The van der Waals surface area contributed by atoms with Gasteiger partial charge in [0.25, 0.3) is 0 Å². The second-order valence-corrected chi connectivity index (χ2v) is 3.80. The van der Waals surface area contributed by atoms with E-state index in [0.717, 1.165) is 0 Å². The number of thiophene rings is 1. The van der Waals surface area contributed by atoms with Gasteiger partial charge < -0.3 is 11.5 Å². The Labute approximate surface area is 71.2 Å². The van der Waals surface area contributed by atoms with Crippen LogP contribution in [-0.4, -0.2) is 6.04 Å². The summed E-state index contributed by atoms with van der Waals surface area (Å²) in [5.74, 6) is 0. The van der Waals surface area contributed by atoms with Gasteiger partial charge in [-0.15, -0.1) is 11.3 Å². The van der Waals surface area contributed by atoms with Crippen LogP contribution in [0.15, 0.2) is 11.4 Å². The molecule has 0 bridgehead atoms. The lowest BCUT2D eigenvalue weighted by Crippen LogP contribution is -2.30. The summed E-state index contributed by atoms with van der Waals surface area (Å²) in [4.78, 5) is 1.21. The summed E-state index contributed by atoms with van der Waals surface area (Å²) in [6.07, 6.45) is 0. The second kappa shape index (κ2) is 3.34. The van der Waals surface area contributed by atoms with Crippen molar-refractivity contribution in [1.82, 2.24) is 0 Å². The normalized spacial score (nSPS) is 16.4. The van der Waals surface area contributed by atoms with Gasteiger partial charge in [-0.3, -0.25) is 0 Å². The lowest BCUT2D eigenvalue weighted by atomic mass is 10.1. The van der Waals surface area contributed by atoms with E-state index >= 15 is 0 Å². The van der Waals surface area contributed by atoms with E-state index in [-0.39, 0.29) is 12.1 Å². The predicted octanol–water partition coefficient (Wildman–Crippen LogP) is 1.40. The Kier molecular flexibility index (Phi) is 2.65. The smallest absolute Gasteiger partial charge is 0.0543 e. The largest absolute Gasteiger partial charge is 0.326 e. The van der Waals surface area contributed by atoms with Crippen LogP contribution in [0.3, 0.4) is 0 Å². The van der Waals surface area contributed by atoms with Gasteiger partial charge in [0.15, 0.2) is 0 Å². The standard InChI is InChI=1S/C8H14N2S/c1-5-3-4-11-8(5)7(10)6(2)9/h3-4,6-7H,9-10H2,1-2H3. The third-order valence-electron chi connectivity index (χ3n) is 1.77. The van der Waals surface area contributed by atoms with Crippen molar-refractivity contribution in [1.29, 1.82) is 0 Å². The van der Waals surface area contributed by atoms with Crippen LogP contribution in [0.4, 0.5) is 0 Å². The molecule has 1 aromatic rings. The highest BCUT2D eigenvalue weighted by molar-refractivity contribution is 7.10. The van der Waals surface area contributed by atoms with Gasteiger partial charge in [-0.25, -0.2) is 0 Å². The Morgan fingerprint density at radius 3 is 2.45 bits per heavy atom. The summed E-state index contributed by atoms with van der Waals surface area (Å²) in [5.41, 5.74) is 12.8. The molecule has 0 aliphatic heterocycles. The average molecular weight is 170 g/mol. The molecule has 3 heteroatoms. The van der Waals surface area contributed by atoms with E-state index in [0.29, 0.717) is 0 Å². The summed E-state index contributed by atoms with van der Waals surface area (Å²) in [5, 5.41) is 2.05. The van der Waals surface area contributed by atoms with Crippen LogP contribution in [0.2, 0.25) is 0 Å². The minimum atomic E-state index is -0.00463. The molecule has 2 unspecified atom stereocenters. The number of nitrogens with two attached hydrogens (primary N) is 2. The van der Waals surface area contributed by atoms with E-state index in [1.165, 1.54) is 10.4 Å².